The quantitative estimate of drug-likeness (QED) is 0.891. The molecule has 0 aromatic heterocycles. The standard InChI is InChI=1S/C9H10BrClFN/c10-8-5-6(11)1-2-7(8)9(13)3-4-12/h1-2,5,9H,3-4,13H2/t9-/m0/s1. The van der Waals surface area contributed by atoms with Crippen molar-refractivity contribution >= 4 is 27.5 Å². The van der Waals surface area contributed by atoms with Crippen molar-refractivity contribution in [2.45, 2.75) is 12.5 Å². The lowest BCUT2D eigenvalue weighted by atomic mass is 10.1. The Morgan fingerprint density at radius 1 is 1.54 bits per heavy atom. The molecule has 1 aromatic rings. The summed E-state index contributed by atoms with van der Waals surface area (Å²) in [5.41, 5.74) is 6.63. The molecule has 0 saturated carbocycles. The second-order valence-electron chi connectivity index (χ2n) is 2.75. The number of benzene rings is 1. The van der Waals surface area contributed by atoms with Gasteiger partial charge >= 0.3 is 0 Å². The van der Waals surface area contributed by atoms with Gasteiger partial charge in [0.1, 0.15) is 0 Å². The minimum absolute atomic E-state index is 0.267. The monoisotopic (exact) mass is 265 g/mol. The lowest BCUT2D eigenvalue weighted by Crippen LogP contribution is -2.11. The number of halogens is 3. The predicted molar refractivity (Wildman–Crippen MR) is 56.7 cm³/mol. The minimum atomic E-state index is -0.407. The molecule has 0 radical (unpaired) electrons. The molecule has 1 nitrogen and oxygen atoms in total. The fourth-order valence-corrected chi connectivity index (χ4v) is 2.05. The van der Waals surface area contributed by atoms with Crippen LogP contribution < -0.4 is 5.73 Å². The SMILES string of the molecule is N[C@@H](CCF)c1ccc(Cl)cc1Br. The summed E-state index contributed by atoms with van der Waals surface area (Å²) in [6.07, 6.45) is 0.334. The minimum Gasteiger partial charge on any atom is -0.324 e. The van der Waals surface area contributed by atoms with E-state index in [9.17, 15) is 4.39 Å². The Bertz CT molecular complexity index is 293. The van der Waals surface area contributed by atoms with Crippen molar-refractivity contribution in [1.82, 2.24) is 0 Å². The number of hydrogen-bond acceptors (Lipinski definition) is 1. The highest BCUT2D eigenvalue weighted by atomic mass is 79.9. The molecular weight excluding hydrogens is 256 g/mol. The maximum atomic E-state index is 12.0. The highest BCUT2D eigenvalue weighted by Gasteiger charge is 2.09. The van der Waals surface area contributed by atoms with Crippen LogP contribution in [0.2, 0.25) is 5.02 Å². The molecule has 2 N–H and O–H groups in total. The lowest BCUT2D eigenvalue weighted by Gasteiger charge is -2.11. The average molecular weight is 267 g/mol. The van der Waals surface area contributed by atoms with Crippen molar-refractivity contribution in [3.8, 4) is 0 Å². The average Bonchev–Trinajstić information content (AvgIpc) is 2.04. The molecule has 0 amide bonds. The van der Waals surface area contributed by atoms with Crippen molar-refractivity contribution in [2.75, 3.05) is 6.67 Å². The van der Waals surface area contributed by atoms with Gasteiger partial charge in [-0.25, -0.2) is 0 Å². The molecule has 0 heterocycles. The molecule has 0 aliphatic rings. The molecule has 0 bridgehead atoms. The second-order valence-corrected chi connectivity index (χ2v) is 4.04. The molecule has 0 aliphatic carbocycles. The largest absolute Gasteiger partial charge is 0.324 e. The van der Waals surface area contributed by atoms with E-state index in [0.29, 0.717) is 11.4 Å². The summed E-state index contributed by atoms with van der Waals surface area (Å²) < 4.78 is 12.9. The normalized spacial score (nSPS) is 12.9. The summed E-state index contributed by atoms with van der Waals surface area (Å²) in [4.78, 5) is 0. The van der Waals surface area contributed by atoms with Gasteiger partial charge < -0.3 is 5.73 Å². The molecule has 1 aromatic carbocycles. The van der Waals surface area contributed by atoms with Crippen molar-refractivity contribution in [3.63, 3.8) is 0 Å². The van der Waals surface area contributed by atoms with E-state index in [2.05, 4.69) is 15.9 Å². The summed E-state index contributed by atoms with van der Waals surface area (Å²) in [5.74, 6) is 0. The summed E-state index contributed by atoms with van der Waals surface area (Å²) in [6.45, 7) is -0.407. The van der Waals surface area contributed by atoms with Crippen molar-refractivity contribution in [3.05, 3.63) is 33.3 Å². The van der Waals surface area contributed by atoms with E-state index >= 15 is 0 Å². The maximum Gasteiger partial charge on any atom is 0.0912 e. The Morgan fingerprint density at radius 3 is 2.77 bits per heavy atom. The van der Waals surface area contributed by atoms with E-state index in [1.807, 2.05) is 6.07 Å². The second kappa shape index (κ2) is 4.94. The first kappa shape index (κ1) is 11.0. The van der Waals surface area contributed by atoms with Gasteiger partial charge in [0.2, 0.25) is 0 Å². The van der Waals surface area contributed by atoms with Gasteiger partial charge in [-0.1, -0.05) is 33.6 Å². The Labute approximate surface area is 90.2 Å². The topological polar surface area (TPSA) is 26.0 Å². The lowest BCUT2D eigenvalue weighted by molar-refractivity contribution is 0.441. The van der Waals surface area contributed by atoms with Crippen LogP contribution in [-0.4, -0.2) is 6.67 Å². The summed E-state index contributed by atoms with van der Waals surface area (Å²) in [5, 5.41) is 0.642. The summed E-state index contributed by atoms with van der Waals surface area (Å²) in [7, 11) is 0. The van der Waals surface area contributed by atoms with Gasteiger partial charge in [0.05, 0.1) is 6.67 Å². The molecule has 0 unspecified atom stereocenters. The molecule has 4 heteroatoms. The van der Waals surface area contributed by atoms with Gasteiger partial charge in [-0.05, 0) is 24.1 Å². The molecule has 72 valence electrons. The maximum absolute atomic E-state index is 12.0. The zero-order chi connectivity index (χ0) is 9.84. The van der Waals surface area contributed by atoms with Gasteiger partial charge in [0.15, 0.2) is 0 Å². The van der Waals surface area contributed by atoms with E-state index in [4.69, 9.17) is 17.3 Å². The third-order valence-electron chi connectivity index (χ3n) is 1.78. The molecule has 13 heavy (non-hydrogen) atoms. The molecular formula is C9H10BrClFN. The molecule has 0 spiro atoms. The number of hydrogen-bond donors (Lipinski definition) is 1. The highest BCUT2D eigenvalue weighted by Crippen LogP contribution is 2.26. The predicted octanol–water partition coefficient (Wildman–Crippen LogP) is 3.46. The summed E-state index contributed by atoms with van der Waals surface area (Å²) in [6, 6.07) is 5.05. The molecule has 1 atom stereocenters. The van der Waals surface area contributed by atoms with Gasteiger partial charge in [0, 0.05) is 15.5 Å². The van der Waals surface area contributed by atoms with Crippen LogP contribution in [0, 0.1) is 0 Å². The number of alkyl halides is 1. The first-order valence-corrected chi connectivity index (χ1v) is 5.08. The van der Waals surface area contributed by atoms with Crippen molar-refractivity contribution in [2.24, 2.45) is 5.73 Å². The van der Waals surface area contributed by atoms with Gasteiger partial charge in [-0.3, -0.25) is 4.39 Å². The third kappa shape index (κ3) is 2.93. The smallest absolute Gasteiger partial charge is 0.0912 e. The Balaban J connectivity index is 2.88. The van der Waals surface area contributed by atoms with Crippen molar-refractivity contribution in [1.29, 1.82) is 0 Å². The van der Waals surface area contributed by atoms with E-state index in [1.165, 1.54) is 0 Å². The van der Waals surface area contributed by atoms with Crippen LogP contribution in [0.4, 0.5) is 4.39 Å². The number of rotatable bonds is 3. The number of nitrogens with two attached hydrogens (primary N) is 1. The summed E-state index contributed by atoms with van der Waals surface area (Å²) >= 11 is 9.08. The van der Waals surface area contributed by atoms with Crippen molar-refractivity contribution < 1.29 is 4.39 Å². The third-order valence-corrected chi connectivity index (χ3v) is 2.70. The van der Waals surface area contributed by atoms with Crippen LogP contribution in [0.3, 0.4) is 0 Å². The zero-order valence-electron chi connectivity index (χ0n) is 6.93. The van der Waals surface area contributed by atoms with E-state index in [1.54, 1.807) is 12.1 Å². The molecule has 0 fully saturated rings. The van der Waals surface area contributed by atoms with Crippen LogP contribution in [-0.2, 0) is 0 Å². The Kier molecular flexibility index (Phi) is 4.16. The molecule has 1 rings (SSSR count). The van der Waals surface area contributed by atoms with Gasteiger partial charge in [0.25, 0.3) is 0 Å². The van der Waals surface area contributed by atoms with E-state index < -0.39 is 6.67 Å². The molecule has 0 saturated heterocycles. The van der Waals surface area contributed by atoms with Crippen LogP contribution in [0.5, 0.6) is 0 Å². The van der Waals surface area contributed by atoms with Crippen LogP contribution in [0.25, 0.3) is 0 Å². The van der Waals surface area contributed by atoms with Gasteiger partial charge in [-0.2, -0.15) is 0 Å². The zero-order valence-corrected chi connectivity index (χ0v) is 9.28. The highest BCUT2D eigenvalue weighted by molar-refractivity contribution is 9.10. The van der Waals surface area contributed by atoms with E-state index in [-0.39, 0.29) is 6.04 Å². The van der Waals surface area contributed by atoms with Crippen LogP contribution >= 0.6 is 27.5 Å². The Morgan fingerprint density at radius 2 is 2.23 bits per heavy atom. The molecule has 0 aliphatic heterocycles. The van der Waals surface area contributed by atoms with Gasteiger partial charge in [-0.15, -0.1) is 0 Å². The Hall–Kier alpha value is -0.120. The van der Waals surface area contributed by atoms with Crippen LogP contribution in [0.1, 0.15) is 18.0 Å². The van der Waals surface area contributed by atoms with Crippen LogP contribution in [0.15, 0.2) is 22.7 Å². The fraction of sp³-hybridized carbons (Fsp3) is 0.333. The fourth-order valence-electron chi connectivity index (χ4n) is 1.08. The first-order valence-electron chi connectivity index (χ1n) is 3.91. The van der Waals surface area contributed by atoms with E-state index in [0.717, 1.165) is 10.0 Å². The first-order chi connectivity index (χ1) is 6.15.